The van der Waals surface area contributed by atoms with Crippen molar-refractivity contribution in [3.05, 3.63) is 35.5 Å². The number of aromatic nitrogens is 3. The van der Waals surface area contributed by atoms with Gasteiger partial charge in [-0.3, -0.25) is 0 Å². The zero-order valence-corrected chi connectivity index (χ0v) is 9.66. The molecule has 0 spiro atoms. The molecule has 16 heavy (non-hydrogen) atoms. The molecule has 3 aromatic rings. The van der Waals surface area contributed by atoms with E-state index < -0.39 is 0 Å². The number of nitrogens with two attached hydrogens (primary N) is 1. The Morgan fingerprint density at radius 1 is 1.38 bits per heavy atom. The third kappa shape index (κ3) is 1.54. The number of halogens is 1. The van der Waals surface area contributed by atoms with Gasteiger partial charge in [-0.05, 0) is 12.1 Å². The summed E-state index contributed by atoms with van der Waals surface area (Å²) in [7, 11) is 0. The van der Waals surface area contributed by atoms with Crippen LogP contribution in [0.15, 0.2) is 30.5 Å². The first kappa shape index (κ1) is 9.62. The molecule has 2 heterocycles. The van der Waals surface area contributed by atoms with E-state index in [1.165, 1.54) is 11.3 Å². The largest absolute Gasteiger partial charge is 0.382 e. The van der Waals surface area contributed by atoms with Crippen molar-refractivity contribution < 1.29 is 0 Å². The minimum absolute atomic E-state index is 0.483. The van der Waals surface area contributed by atoms with Crippen LogP contribution in [0.5, 0.6) is 0 Å². The molecule has 0 atom stereocenters. The van der Waals surface area contributed by atoms with Crippen molar-refractivity contribution >= 4 is 33.7 Å². The van der Waals surface area contributed by atoms with E-state index in [9.17, 15) is 0 Å². The van der Waals surface area contributed by atoms with Crippen LogP contribution in [0.25, 0.3) is 15.5 Å². The molecular weight excluding hydrogens is 244 g/mol. The molecule has 0 radical (unpaired) electrons. The lowest BCUT2D eigenvalue weighted by Gasteiger charge is -1.94. The molecule has 0 aliphatic carbocycles. The van der Waals surface area contributed by atoms with Crippen LogP contribution in [0.1, 0.15) is 0 Å². The lowest BCUT2D eigenvalue weighted by Crippen LogP contribution is -1.84. The molecule has 6 heteroatoms. The van der Waals surface area contributed by atoms with Crippen LogP contribution in [-0.4, -0.2) is 14.6 Å². The Morgan fingerprint density at radius 2 is 2.25 bits per heavy atom. The number of fused-ring (bicyclic) bond motifs is 1. The summed E-state index contributed by atoms with van der Waals surface area (Å²) in [6.45, 7) is 0. The van der Waals surface area contributed by atoms with Crippen LogP contribution in [0, 0.1) is 0 Å². The molecule has 2 aromatic heterocycles. The van der Waals surface area contributed by atoms with Crippen LogP contribution in [0.4, 0.5) is 5.82 Å². The van der Waals surface area contributed by atoms with Crippen molar-refractivity contribution in [2.75, 3.05) is 5.73 Å². The highest BCUT2D eigenvalue weighted by molar-refractivity contribution is 7.19. The SMILES string of the molecule is Nc1cn2nc(-c3cccc(Cl)c3)sc2n1. The number of rotatable bonds is 1. The van der Waals surface area contributed by atoms with Crippen LogP contribution < -0.4 is 5.73 Å². The molecule has 0 saturated heterocycles. The van der Waals surface area contributed by atoms with Crippen molar-refractivity contribution in [2.45, 2.75) is 0 Å². The highest BCUT2D eigenvalue weighted by atomic mass is 35.5. The van der Waals surface area contributed by atoms with Gasteiger partial charge in [0.1, 0.15) is 10.8 Å². The maximum absolute atomic E-state index is 5.93. The summed E-state index contributed by atoms with van der Waals surface area (Å²) in [5, 5.41) is 5.96. The lowest BCUT2D eigenvalue weighted by atomic mass is 10.2. The fraction of sp³-hybridized carbons (Fsp3) is 0. The molecule has 0 aliphatic heterocycles. The van der Waals surface area contributed by atoms with Gasteiger partial charge in [0, 0.05) is 10.6 Å². The average Bonchev–Trinajstić information content (AvgIpc) is 2.74. The Bertz CT molecular complexity index is 626. The number of hydrogen-bond acceptors (Lipinski definition) is 4. The minimum atomic E-state index is 0.483. The highest BCUT2D eigenvalue weighted by Crippen LogP contribution is 2.27. The summed E-state index contributed by atoms with van der Waals surface area (Å²) in [6, 6.07) is 7.58. The number of nitrogen functional groups attached to an aromatic ring is 1. The quantitative estimate of drug-likeness (QED) is 0.722. The normalized spacial score (nSPS) is 11.1. The fourth-order valence-corrected chi connectivity index (χ4v) is 2.53. The summed E-state index contributed by atoms with van der Waals surface area (Å²) < 4.78 is 1.68. The average molecular weight is 251 g/mol. The van der Waals surface area contributed by atoms with E-state index >= 15 is 0 Å². The molecule has 80 valence electrons. The van der Waals surface area contributed by atoms with Crippen molar-refractivity contribution in [2.24, 2.45) is 0 Å². The van der Waals surface area contributed by atoms with Gasteiger partial charge < -0.3 is 5.73 Å². The second kappa shape index (κ2) is 3.47. The highest BCUT2D eigenvalue weighted by Gasteiger charge is 2.08. The van der Waals surface area contributed by atoms with E-state index in [4.69, 9.17) is 17.3 Å². The number of nitrogens with zero attached hydrogens (tertiary/aromatic N) is 3. The van der Waals surface area contributed by atoms with Gasteiger partial charge in [0.05, 0.1) is 6.20 Å². The van der Waals surface area contributed by atoms with Gasteiger partial charge in [-0.2, -0.15) is 5.10 Å². The minimum Gasteiger partial charge on any atom is -0.382 e. The Kier molecular flexibility index (Phi) is 2.08. The first-order valence-corrected chi connectivity index (χ1v) is 5.79. The van der Waals surface area contributed by atoms with Gasteiger partial charge in [0.2, 0.25) is 4.96 Å². The van der Waals surface area contributed by atoms with E-state index in [0.29, 0.717) is 10.8 Å². The molecule has 0 bridgehead atoms. The number of imidazole rings is 1. The van der Waals surface area contributed by atoms with Crippen molar-refractivity contribution in [3.63, 3.8) is 0 Å². The van der Waals surface area contributed by atoms with E-state index in [2.05, 4.69) is 10.1 Å². The maximum atomic E-state index is 5.93. The molecule has 2 N–H and O–H groups in total. The number of hydrogen-bond donors (Lipinski definition) is 1. The summed E-state index contributed by atoms with van der Waals surface area (Å²) in [5.41, 5.74) is 6.55. The molecule has 1 aromatic carbocycles. The summed E-state index contributed by atoms with van der Waals surface area (Å²) in [5.74, 6) is 0.483. The predicted molar refractivity (Wildman–Crippen MR) is 65.7 cm³/mol. The fourth-order valence-electron chi connectivity index (χ4n) is 1.46. The Morgan fingerprint density at radius 3 is 3.00 bits per heavy atom. The van der Waals surface area contributed by atoms with E-state index in [-0.39, 0.29) is 0 Å². The molecule has 0 aliphatic rings. The molecular formula is C10H7ClN4S. The first-order chi connectivity index (χ1) is 7.72. The zero-order valence-electron chi connectivity index (χ0n) is 8.09. The second-order valence-electron chi connectivity index (χ2n) is 3.31. The standard InChI is InChI=1S/C10H7ClN4S/c11-7-3-1-2-6(4-7)9-14-15-5-8(12)13-10(15)16-9/h1-5H,12H2. The number of benzene rings is 1. The summed E-state index contributed by atoms with van der Waals surface area (Å²) >= 11 is 7.41. The zero-order chi connectivity index (χ0) is 11.1. The third-order valence-electron chi connectivity index (χ3n) is 2.13. The van der Waals surface area contributed by atoms with Crippen molar-refractivity contribution in [3.8, 4) is 10.6 Å². The smallest absolute Gasteiger partial charge is 0.214 e. The van der Waals surface area contributed by atoms with E-state index in [0.717, 1.165) is 15.5 Å². The van der Waals surface area contributed by atoms with Gasteiger partial charge in [-0.25, -0.2) is 9.50 Å². The van der Waals surface area contributed by atoms with Gasteiger partial charge in [-0.1, -0.05) is 35.1 Å². The number of anilines is 1. The second-order valence-corrected chi connectivity index (χ2v) is 4.70. The van der Waals surface area contributed by atoms with Gasteiger partial charge in [-0.15, -0.1) is 0 Å². The van der Waals surface area contributed by atoms with Crippen LogP contribution in [0.2, 0.25) is 5.02 Å². The molecule has 0 fully saturated rings. The summed E-state index contributed by atoms with van der Waals surface area (Å²) in [4.78, 5) is 4.93. The Balaban J connectivity index is 2.15. The molecule has 0 unspecified atom stereocenters. The molecule has 3 rings (SSSR count). The van der Waals surface area contributed by atoms with Gasteiger partial charge in [0.15, 0.2) is 0 Å². The topological polar surface area (TPSA) is 56.2 Å². The van der Waals surface area contributed by atoms with Crippen molar-refractivity contribution in [1.82, 2.24) is 14.6 Å². The summed E-state index contributed by atoms with van der Waals surface area (Å²) in [6.07, 6.45) is 1.69. The first-order valence-electron chi connectivity index (χ1n) is 4.60. The molecule has 0 saturated carbocycles. The lowest BCUT2D eigenvalue weighted by molar-refractivity contribution is 0.979. The van der Waals surface area contributed by atoms with Crippen LogP contribution in [0.3, 0.4) is 0 Å². The van der Waals surface area contributed by atoms with E-state index in [1.807, 2.05) is 24.3 Å². The Labute approximate surface area is 100 Å². The van der Waals surface area contributed by atoms with Crippen LogP contribution >= 0.6 is 22.9 Å². The maximum Gasteiger partial charge on any atom is 0.214 e. The van der Waals surface area contributed by atoms with Gasteiger partial charge in [0.25, 0.3) is 0 Å². The van der Waals surface area contributed by atoms with E-state index in [1.54, 1.807) is 10.7 Å². The predicted octanol–water partition coefficient (Wildman–Crippen LogP) is 2.69. The molecule has 0 amide bonds. The van der Waals surface area contributed by atoms with Crippen LogP contribution in [-0.2, 0) is 0 Å². The molecule has 4 nitrogen and oxygen atoms in total. The van der Waals surface area contributed by atoms with Crippen molar-refractivity contribution in [1.29, 1.82) is 0 Å². The Hall–Kier alpha value is -1.59. The third-order valence-corrected chi connectivity index (χ3v) is 3.34. The monoisotopic (exact) mass is 250 g/mol. The van der Waals surface area contributed by atoms with Gasteiger partial charge >= 0.3 is 0 Å².